The van der Waals surface area contributed by atoms with Crippen molar-refractivity contribution >= 4 is 34.7 Å². The number of aromatic nitrogens is 4. The van der Waals surface area contributed by atoms with E-state index in [0.29, 0.717) is 29.8 Å². The molecule has 8 nitrogen and oxygen atoms in total. The maximum absolute atomic E-state index is 12.4. The monoisotopic (exact) mass is 430 g/mol. The lowest BCUT2D eigenvalue weighted by Crippen LogP contribution is -2.17. The molecule has 0 bridgehead atoms. The Bertz CT molecular complexity index is 804. The molecule has 0 aliphatic heterocycles. The largest absolute Gasteiger partial charge is 0.340 e. The molecule has 2 heterocycles. The Balaban J connectivity index is 1.84. The Kier molecular flexibility index (Phi) is 11.6. The summed E-state index contributed by atoms with van der Waals surface area (Å²) in [5.41, 5.74) is 0.977. The van der Waals surface area contributed by atoms with Crippen LogP contribution in [0.5, 0.6) is 0 Å². The molecule has 0 spiro atoms. The molecule has 31 heavy (non-hydrogen) atoms. The minimum atomic E-state index is -0.116. The first-order chi connectivity index (χ1) is 15.1. The molecule has 2 aromatic rings. The van der Waals surface area contributed by atoms with Gasteiger partial charge in [-0.2, -0.15) is 9.97 Å². The molecule has 3 N–H and O–H groups in total. The summed E-state index contributed by atoms with van der Waals surface area (Å²) >= 11 is 0. The standard InChI is InChI=1S/C23H38N6O2/c1-3-5-7-9-11-13-15-18(30)26-22-20-21(25-17-24-20)28-23(29-22)27-19(31)16-14-12-10-8-6-4-2/h17H,3-16H2,1-2H3,(H3,24,25,26,27,28,29,30,31). The third kappa shape index (κ3) is 9.44. The van der Waals surface area contributed by atoms with E-state index in [9.17, 15) is 9.59 Å². The lowest BCUT2D eigenvalue weighted by Gasteiger charge is -2.08. The number of rotatable bonds is 16. The van der Waals surface area contributed by atoms with Gasteiger partial charge in [-0.15, -0.1) is 0 Å². The van der Waals surface area contributed by atoms with Crippen molar-refractivity contribution in [2.75, 3.05) is 10.6 Å². The summed E-state index contributed by atoms with van der Waals surface area (Å²) in [6.07, 6.45) is 15.9. The molecule has 0 saturated carbocycles. The fraction of sp³-hybridized carbons (Fsp3) is 0.696. The van der Waals surface area contributed by atoms with Crippen LogP contribution < -0.4 is 10.6 Å². The number of nitrogens with one attached hydrogen (secondary N) is 3. The summed E-state index contributed by atoms with van der Waals surface area (Å²) in [7, 11) is 0. The number of aromatic amines is 1. The number of fused-ring (bicyclic) bond motifs is 1. The number of nitrogens with zero attached hydrogens (tertiary/aromatic N) is 3. The van der Waals surface area contributed by atoms with E-state index in [-0.39, 0.29) is 17.8 Å². The summed E-state index contributed by atoms with van der Waals surface area (Å²) in [5.74, 6) is 0.322. The average Bonchev–Trinajstić information content (AvgIpc) is 3.22. The molecular weight excluding hydrogens is 392 g/mol. The zero-order chi connectivity index (χ0) is 22.3. The Morgan fingerprint density at radius 3 is 1.94 bits per heavy atom. The fourth-order valence-corrected chi connectivity index (χ4v) is 3.49. The Labute approximate surface area is 185 Å². The van der Waals surface area contributed by atoms with Gasteiger partial charge in [0.05, 0.1) is 6.33 Å². The van der Waals surface area contributed by atoms with E-state index in [1.807, 2.05) is 0 Å². The van der Waals surface area contributed by atoms with Crippen molar-refractivity contribution in [3.05, 3.63) is 6.33 Å². The van der Waals surface area contributed by atoms with Gasteiger partial charge in [-0.3, -0.25) is 14.9 Å². The second-order valence-electron chi connectivity index (χ2n) is 8.13. The van der Waals surface area contributed by atoms with E-state index in [1.165, 1.54) is 44.9 Å². The van der Waals surface area contributed by atoms with Crippen LogP contribution in [-0.4, -0.2) is 31.8 Å². The second kappa shape index (κ2) is 14.5. The van der Waals surface area contributed by atoms with Gasteiger partial charge < -0.3 is 10.3 Å². The minimum Gasteiger partial charge on any atom is -0.340 e. The van der Waals surface area contributed by atoms with Crippen LogP contribution >= 0.6 is 0 Å². The zero-order valence-corrected chi connectivity index (χ0v) is 19.1. The zero-order valence-electron chi connectivity index (χ0n) is 19.1. The summed E-state index contributed by atoms with van der Waals surface area (Å²) in [6.45, 7) is 4.38. The molecule has 2 rings (SSSR count). The van der Waals surface area contributed by atoms with Crippen molar-refractivity contribution < 1.29 is 9.59 Å². The first-order valence-corrected chi connectivity index (χ1v) is 11.9. The molecule has 0 radical (unpaired) electrons. The summed E-state index contributed by atoms with van der Waals surface area (Å²) < 4.78 is 0. The number of carbonyl (C=O) groups excluding carboxylic acids is 2. The van der Waals surface area contributed by atoms with Gasteiger partial charge in [0.2, 0.25) is 17.8 Å². The van der Waals surface area contributed by atoms with Crippen LogP contribution in [0.25, 0.3) is 11.2 Å². The van der Waals surface area contributed by atoms with Crippen molar-refractivity contribution in [2.24, 2.45) is 0 Å². The van der Waals surface area contributed by atoms with Gasteiger partial charge in [-0.05, 0) is 12.8 Å². The van der Waals surface area contributed by atoms with Gasteiger partial charge in [0, 0.05) is 12.8 Å². The van der Waals surface area contributed by atoms with Gasteiger partial charge in [-0.25, -0.2) is 4.98 Å². The summed E-state index contributed by atoms with van der Waals surface area (Å²) in [5, 5.41) is 5.59. The molecule has 0 aliphatic carbocycles. The smallest absolute Gasteiger partial charge is 0.233 e. The predicted octanol–water partition coefficient (Wildman–Crippen LogP) is 5.73. The molecular formula is C23H38N6O2. The van der Waals surface area contributed by atoms with Crippen molar-refractivity contribution in [1.29, 1.82) is 0 Å². The number of hydrogen-bond donors (Lipinski definition) is 3. The van der Waals surface area contributed by atoms with Crippen molar-refractivity contribution in [1.82, 2.24) is 19.9 Å². The van der Waals surface area contributed by atoms with Crippen molar-refractivity contribution in [2.45, 2.75) is 104 Å². The van der Waals surface area contributed by atoms with Gasteiger partial charge in [0.25, 0.3) is 0 Å². The quantitative estimate of drug-likeness (QED) is 0.294. The highest BCUT2D eigenvalue weighted by molar-refractivity contribution is 5.98. The van der Waals surface area contributed by atoms with Gasteiger partial charge in [0.1, 0.15) is 5.52 Å². The molecule has 8 heteroatoms. The normalized spacial score (nSPS) is 11.0. The molecule has 172 valence electrons. The molecule has 0 atom stereocenters. The van der Waals surface area contributed by atoms with Crippen LogP contribution in [-0.2, 0) is 9.59 Å². The number of hydrogen-bond acceptors (Lipinski definition) is 5. The first kappa shape index (κ1) is 24.8. The predicted molar refractivity (Wildman–Crippen MR) is 125 cm³/mol. The summed E-state index contributed by atoms with van der Waals surface area (Å²) in [6, 6.07) is 0. The van der Waals surface area contributed by atoms with Crippen LogP contribution in [0.15, 0.2) is 6.33 Å². The third-order valence-corrected chi connectivity index (χ3v) is 5.31. The Morgan fingerprint density at radius 2 is 1.32 bits per heavy atom. The van der Waals surface area contributed by atoms with Crippen LogP contribution in [0, 0.1) is 0 Å². The van der Waals surface area contributed by atoms with Gasteiger partial charge in [0.15, 0.2) is 11.5 Å². The van der Waals surface area contributed by atoms with E-state index < -0.39 is 0 Å². The number of amides is 2. The van der Waals surface area contributed by atoms with Gasteiger partial charge >= 0.3 is 0 Å². The molecule has 2 amide bonds. The van der Waals surface area contributed by atoms with Crippen LogP contribution in [0.1, 0.15) is 104 Å². The van der Waals surface area contributed by atoms with E-state index in [1.54, 1.807) is 0 Å². The molecule has 0 saturated heterocycles. The highest BCUT2D eigenvalue weighted by Crippen LogP contribution is 2.19. The third-order valence-electron chi connectivity index (χ3n) is 5.31. The topological polar surface area (TPSA) is 113 Å². The minimum absolute atomic E-state index is 0.0885. The molecule has 0 fully saturated rings. The van der Waals surface area contributed by atoms with Crippen LogP contribution in [0.2, 0.25) is 0 Å². The van der Waals surface area contributed by atoms with Crippen LogP contribution in [0.4, 0.5) is 11.8 Å². The molecule has 2 aromatic heterocycles. The highest BCUT2D eigenvalue weighted by Gasteiger charge is 2.14. The Morgan fingerprint density at radius 1 is 0.774 bits per heavy atom. The lowest BCUT2D eigenvalue weighted by molar-refractivity contribution is -0.117. The van der Waals surface area contributed by atoms with Crippen molar-refractivity contribution in [3.8, 4) is 0 Å². The number of imidazole rings is 1. The second-order valence-corrected chi connectivity index (χ2v) is 8.13. The van der Waals surface area contributed by atoms with Crippen LogP contribution in [0.3, 0.4) is 0 Å². The van der Waals surface area contributed by atoms with E-state index >= 15 is 0 Å². The van der Waals surface area contributed by atoms with Crippen molar-refractivity contribution in [3.63, 3.8) is 0 Å². The first-order valence-electron chi connectivity index (χ1n) is 11.9. The molecule has 0 unspecified atom stereocenters. The summed E-state index contributed by atoms with van der Waals surface area (Å²) in [4.78, 5) is 40.3. The Hall–Kier alpha value is -2.51. The maximum Gasteiger partial charge on any atom is 0.233 e. The molecule has 0 aromatic carbocycles. The number of H-pyrrole nitrogens is 1. The number of carbonyl (C=O) groups is 2. The number of unbranched alkanes of at least 4 members (excludes halogenated alkanes) is 10. The fourth-order valence-electron chi connectivity index (χ4n) is 3.49. The average molecular weight is 431 g/mol. The van der Waals surface area contributed by atoms with E-state index in [0.717, 1.165) is 38.5 Å². The lowest BCUT2D eigenvalue weighted by atomic mass is 10.1. The molecule has 0 aliphatic rings. The highest BCUT2D eigenvalue weighted by atomic mass is 16.2. The van der Waals surface area contributed by atoms with Gasteiger partial charge in [-0.1, -0.05) is 78.1 Å². The SMILES string of the molecule is CCCCCCCCC(=O)Nc1nc(NC(=O)CCCCCCCC)c2[nH]cnc2n1. The maximum atomic E-state index is 12.4. The van der Waals surface area contributed by atoms with E-state index in [4.69, 9.17) is 0 Å². The number of anilines is 2. The van der Waals surface area contributed by atoms with E-state index in [2.05, 4.69) is 44.4 Å².